The SMILES string of the molecule is CCCCCCCCC/C=C\CCCCCCCC(=O)OCCCCCCCCCCCCCCCCCCCCCCCCCCCCCCCCCCCCCC(=O)NC(CO)C(O)CCCCCCCCCCCCCCCCCCCCCCCCCC. The Balaban J connectivity index is 3.31. The van der Waals surface area contributed by atoms with Gasteiger partial charge in [0.05, 0.1) is 25.4 Å². The smallest absolute Gasteiger partial charge is 0.305 e. The van der Waals surface area contributed by atoms with Crippen molar-refractivity contribution >= 4 is 11.9 Å². The van der Waals surface area contributed by atoms with E-state index in [1.807, 2.05) is 0 Å². The molecule has 0 aromatic carbocycles. The minimum Gasteiger partial charge on any atom is -0.466 e. The van der Waals surface area contributed by atoms with Gasteiger partial charge in [-0.3, -0.25) is 9.59 Å². The highest BCUT2D eigenvalue weighted by atomic mass is 16.5. The summed E-state index contributed by atoms with van der Waals surface area (Å²) in [6, 6.07) is -0.538. The van der Waals surface area contributed by atoms with Gasteiger partial charge in [-0.15, -0.1) is 0 Å². The van der Waals surface area contributed by atoms with Crippen molar-refractivity contribution < 1.29 is 24.5 Å². The van der Waals surface area contributed by atoms with Crippen LogP contribution < -0.4 is 5.32 Å². The van der Waals surface area contributed by atoms with Gasteiger partial charge in [0.15, 0.2) is 0 Å². The molecule has 0 fully saturated rings. The van der Waals surface area contributed by atoms with Crippen molar-refractivity contribution in [2.45, 2.75) is 514 Å². The van der Waals surface area contributed by atoms with Crippen LogP contribution >= 0.6 is 0 Å². The molecule has 0 aromatic heterocycles. The number of esters is 1. The fourth-order valence-electron chi connectivity index (χ4n) is 14.1. The van der Waals surface area contributed by atoms with Gasteiger partial charge < -0.3 is 20.3 Å². The first-order chi connectivity index (χ1) is 45.5. The maximum absolute atomic E-state index is 12.6. The van der Waals surface area contributed by atoms with Crippen molar-refractivity contribution in [2.24, 2.45) is 0 Å². The summed E-state index contributed by atoms with van der Waals surface area (Å²) in [5.41, 5.74) is 0. The standard InChI is InChI=1S/C86H169NO5/c1-3-5-7-9-11-13-15-17-19-21-22-23-24-38-41-44-47-50-54-58-62-66-70-74-78-84(89)83(82-88)87-85(90)79-75-71-67-63-59-55-51-48-45-42-39-36-34-32-30-28-26-25-27-29-31-33-35-37-40-43-46-49-53-57-61-65-69-73-77-81-92-86(91)80-76-72-68-64-60-56-52-20-18-16-14-12-10-8-6-4-2/h20,52,83-84,88-89H,3-19,21-51,53-82H2,1-2H3,(H,87,90)/b52-20-. The Morgan fingerprint density at radius 2 is 0.511 bits per heavy atom. The lowest BCUT2D eigenvalue weighted by Gasteiger charge is -2.22. The number of amides is 1. The first-order valence-electron chi connectivity index (χ1n) is 42.9. The van der Waals surface area contributed by atoms with Crippen LogP contribution in [-0.4, -0.2) is 47.4 Å². The van der Waals surface area contributed by atoms with E-state index in [0.717, 1.165) is 44.9 Å². The third-order valence-electron chi connectivity index (χ3n) is 20.6. The zero-order valence-corrected chi connectivity index (χ0v) is 63.1. The Morgan fingerprint density at radius 1 is 0.293 bits per heavy atom. The van der Waals surface area contributed by atoms with Gasteiger partial charge in [0.1, 0.15) is 0 Å². The number of allylic oxidation sites excluding steroid dienone is 2. The zero-order valence-electron chi connectivity index (χ0n) is 63.1. The molecule has 0 aliphatic carbocycles. The Bertz CT molecular complexity index is 1400. The Morgan fingerprint density at radius 3 is 0.772 bits per heavy atom. The predicted octanol–water partition coefficient (Wildman–Crippen LogP) is 28.6. The van der Waals surface area contributed by atoms with E-state index >= 15 is 0 Å². The van der Waals surface area contributed by atoms with Crippen LogP contribution in [0.25, 0.3) is 0 Å². The molecule has 0 heterocycles. The lowest BCUT2D eigenvalue weighted by atomic mass is 10.0. The number of rotatable bonds is 82. The van der Waals surface area contributed by atoms with Crippen LogP contribution in [0.1, 0.15) is 502 Å². The topological polar surface area (TPSA) is 95.9 Å². The number of carbonyl (C=O) groups is 2. The molecular weight excluding hydrogens is 1130 g/mol. The molecule has 0 aliphatic heterocycles. The van der Waals surface area contributed by atoms with Crippen LogP contribution in [0.2, 0.25) is 0 Å². The summed E-state index contributed by atoms with van der Waals surface area (Å²) in [4.78, 5) is 24.7. The van der Waals surface area contributed by atoms with E-state index in [1.165, 1.54) is 424 Å². The zero-order chi connectivity index (χ0) is 66.3. The molecule has 1 amide bonds. The predicted molar refractivity (Wildman–Crippen MR) is 407 cm³/mol. The molecule has 6 nitrogen and oxygen atoms in total. The van der Waals surface area contributed by atoms with Gasteiger partial charge in [0.25, 0.3) is 0 Å². The molecule has 0 aromatic rings. The van der Waals surface area contributed by atoms with Gasteiger partial charge in [-0.2, -0.15) is 0 Å². The molecule has 0 saturated heterocycles. The number of aliphatic hydroxyl groups is 2. The maximum Gasteiger partial charge on any atom is 0.305 e. The molecule has 0 rings (SSSR count). The normalized spacial score (nSPS) is 12.4. The fraction of sp³-hybridized carbons (Fsp3) is 0.953. The Kier molecular flexibility index (Phi) is 80.8. The molecule has 0 saturated carbocycles. The molecule has 6 heteroatoms. The van der Waals surface area contributed by atoms with Gasteiger partial charge >= 0.3 is 5.97 Å². The van der Waals surface area contributed by atoms with Crippen LogP contribution in [0.3, 0.4) is 0 Å². The van der Waals surface area contributed by atoms with Crippen LogP contribution in [0, 0.1) is 0 Å². The summed E-state index contributed by atoms with van der Waals surface area (Å²) >= 11 is 0. The Hall–Kier alpha value is -1.40. The average molecular weight is 1300 g/mol. The first-order valence-corrected chi connectivity index (χ1v) is 42.9. The maximum atomic E-state index is 12.6. The van der Waals surface area contributed by atoms with Crippen LogP contribution in [0.5, 0.6) is 0 Å². The van der Waals surface area contributed by atoms with E-state index in [1.54, 1.807) is 0 Å². The second-order valence-corrected chi connectivity index (χ2v) is 29.9. The number of nitrogens with one attached hydrogen (secondary N) is 1. The van der Waals surface area contributed by atoms with Crippen molar-refractivity contribution in [2.75, 3.05) is 13.2 Å². The van der Waals surface area contributed by atoms with E-state index in [4.69, 9.17) is 4.74 Å². The molecule has 0 aliphatic rings. The lowest BCUT2D eigenvalue weighted by molar-refractivity contribution is -0.143. The summed E-state index contributed by atoms with van der Waals surface area (Å²) < 4.78 is 5.51. The highest BCUT2D eigenvalue weighted by Gasteiger charge is 2.20. The summed E-state index contributed by atoms with van der Waals surface area (Å²) in [5, 5.41) is 23.5. The quantitative estimate of drug-likeness (QED) is 0.0320. The van der Waals surface area contributed by atoms with Crippen molar-refractivity contribution in [3.63, 3.8) is 0 Å². The molecule has 2 atom stereocenters. The van der Waals surface area contributed by atoms with E-state index in [0.29, 0.717) is 25.9 Å². The van der Waals surface area contributed by atoms with E-state index in [-0.39, 0.29) is 18.5 Å². The van der Waals surface area contributed by atoms with Crippen LogP contribution in [-0.2, 0) is 14.3 Å². The third kappa shape index (κ3) is 77.6. The number of unbranched alkanes of at least 4 members (excludes halogenated alkanes) is 69. The molecule has 0 radical (unpaired) electrons. The monoisotopic (exact) mass is 1300 g/mol. The van der Waals surface area contributed by atoms with Crippen molar-refractivity contribution in [3.05, 3.63) is 12.2 Å². The molecule has 2 unspecified atom stereocenters. The summed E-state index contributed by atoms with van der Waals surface area (Å²) in [6.07, 6.45) is 105. The second kappa shape index (κ2) is 82.0. The average Bonchev–Trinajstić information content (AvgIpc) is 3.61. The number of hydrogen-bond acceptors (Lipinski definition) is 5. The van der Waals surface area contributed by atoms with Gasteiger partial charge in [-0.25, -0.2) is 0 Å². The summed E-state index contributed by atoms with van der Waals surface area (Å²) in [5.74, 6) is -0.00641. The highest BCUT2D eigenvalue weighted by molar-refractivity contribution is 5.76. The second-order valence-electron chi connectivity index (χ2n) is 29.9. The van der Waals surface area contributed by atoms with E-state index in [9.17, 15) is 19.8 Å². The van der Waals surface area contributed by atoms with Crippen molar-refractivity contribution in [3.8, 4) is 0 Å². The molecule has 3 N–H and O–H groups in total. The molecule has 548 valence electrons. The first kappa shape index (κ1) is 90.6. The molecular formula is C86H169NO5. The molecule has 0 spiro atoms. The summed E-state index contributed by atoms with van der Waals surface area (Å²) in [7, 11) is 0. The lowest BCUT2D eigenvalue weighted by Crippen LogP contribution is -2.45. The van der Waals surface area contributed by atoms with Gasteiger partial charge in [-0.05, 0) is 51.4 Å². The number of ether oxygens (including phenoxy) is 1. The van der Waals surface area contributed by atoms with Crippen LogP contribution in [0.15, 0.2) is 12.2 Å². The number of hydrogen-bond donors (Lipinski definition) is 3. The Labute approximate surface area is 578 Å². The van der Waals surface area contributed by atoms with Crippen molar-refractivity contribution in [1.82, 2.24) is 5.32 Å². The fourth-order valence-corrected chi connectivity index (χ4v) is 14.1. The summed E-state index contributed by atoms with van der Waals surface area (Å²) in [6.45, 7) is 5.01. The minimum absolute atomic E-state index is 0.0166. The molecule has 0 bridgehead atoms. The minimum atomic E-state index is -0.662. The molecule has 92 heavy (non-hydrogen) atoms. The van der Waals surface area contributed by atoms with Gasteiger partial charge in [0, 0.05) is 12.8 Å². The van der Waals surface area contributed by atoms with Gasteiger partial charge in [-0.1, -0.05) is 450 Å². The third-order valence-corrected chi connectivity index (χ3v) is 20.6. The largest absolute Gasteiger partial charge is 0.466 e. The van der Waals surface area contributed by atoms with Crippen LogP contribution in [0.4, 0.5) is 0 Å². The number of aliphatic hydroxyl groups excluding tert-OH is 2. The number of carbonyl (C=O) groups excluding carboxylic acids is 2. The van der Waals surface area contributed by atoms with E-state index < -0.39 is 12.1 Å². The highest BCUT2D eigenvalue weighted by Crippen LogP contribution is 2.21. The van der Waals surface area contributed by atoms with Crippen molar-refractivity contribution in [1.29, 1.82) is 0 Å². The van der Waals surface area contributed by atoms with E-state index in [2.05, 4.69) is 31.3 Å². The van der Waals surface area contributed by atoms with Gasteiger partial charge in [0.2, 0.25) is 5.91 Å².